The SMILES string of the molecule is COc1ccc(-c2coc3c4c(cc(O)c3c2=O)OC(=O)C[C@H]4c2ccc(OC)cc2)cc1. The summed E-state index contributed by atoms with van der Waals surface area (Å²) in [5.74, 6) is 0.367. The zero-order valence-corrected chi connectivity index (χ0v) is 18.0. The second-order valence-corrected chi connectivity index (χ2v) is 7.72. The Morgan fingerprint density at radius 3 is 2.21 bits per heavy atom. The average Bonchev–Trinajstić information content (AvgIpc) is 2.83. The minimum atomic E-state index is -0.431. The summed E-state index contributed by atoms with van der Waals surface area (Å²) in [6.45, 7) is 0. The first kappa shape index (κ1) is 20.6. The van der Waals surface area contributed by atoms with Gasteiger partial charge in [-0.25, -0.2) is 0 Å². The number of carbonyl (C=O) groups is 1. The molecule has 166 valence electrons. The average molecular weight is 444 g/mol. The van der Waals surface area contributed by atoms with Gasteiger partial charge in [0.2, 0.25) is 5.43 Å². The fraction of sp³-hybridized carbons (Fsp3) is 0.154. The predicted octanol–water partition coefficient (Wildman–Crippen LogP) is 4.62. The van der Waals surface area contributed by atoms with Crippen LogP contribution < -0.4 is 19.6 Å². The monoisotopic (exact) mass is 444 g/mol. The van der Waals surface area contributed by atoms with Crippen LogP contribution in [0, 0.1) is 0 Å². The Morgan fingerprint density at radius 2 is 1.58 bits per heavy atom. The van der Waals surface area contributed by atoms with Gasteiger partial charge in [-0.2, -0.15) is 0 Å². The van der Waals surface area contributed by atoms with E-state index in [2.05, 4.69) is 0 Å². The van der Waals surface area contributed by atoms with E-state index in [1.165, 1.54) is 12.3 Å². The third kappa shape index (κ3) is 3.47. The highest BCUT2D eigenvalue weighted by atomic mass is 16.5. The van der Waals surface area contributed by atoms with Gasteiger partial charge in [-0.05, 0) is 35.4 Å². The molecule has 1 aliphatic rings. The zero-order chi connectivity index (χ0) is 23.1. The number of phenols is 1. The molecule has 2 heterocycles. The van der Waals surface area contributed by atoms with Crippen LogP contribution in [0.25, 0.3) is 22.1 Å². The summed E-state index contributed by atoms with van der Waals surface area (Å²) in [7, 11) is 3.14. The van der Waals surface area contributed by atoms with E-state index < -0.39 is 11.9 Å². The van der Waals surface area contributed by atoms with Crippen LogP contribution in [-0.4, -0.2) is 25.3 Å². The number of methoxy groups -OCH3 is 2. The Morgan fingerprint density at radius 1 is 0.939 bits per heavy atom. The number of fused-ring (bicyclic) bond motifs is 3. The zero-order valence-electron chi connectivity index (χ0n) is 18.0. The van der Waals surface area contributed by atoms with Gasteiger partial charge in [0.25, 0.3) is 0 Å². The molecule has 7 nitrogen and oxygen atoms in total. The highest BCUT2D eigenvalue weighted by Gasteiger charge is 2.33. The Kier molecular flexibility index (Phi) is 5.01. The lowest BCUT2D eigenvalue weighted by Crippen LogP contribution is -2.22. The van der Waals surface area contributed by atoms with E-state index >= 15 is 0 Å². The van der Waals surface area contributed by atoms with Gasteiger partial charge in [0, 0.05) is 17.5 Å². The fourth-order valence-corrected chi connectivity index (χ4v) is 4.22. The first-order chi connectivity index (χ1) is 16.0. The van der Waals surface area contributed by atoms with Gasteiger partial charge < -0.3 is 23.7 Å². The molecule has 0 aliphatic carbocycles. The van der Waals surface area contributed by atoms with Gasteiger partial charge in [-0.3, -0.25) is 9.59 Å². The maximum atomic E-state index is 13.4. The van der Waals surface area contributed by atoms with Crippen molar-refractivity contribution >= 4 is 16.9 Å². The fourth-order valence-electron chi connectivity index (χ4n) is 4.22. The molecule has 33 heavy (non-hydrogen) atoms. The maximum absolute atomic E-state index is 13.4. The van der Waals surface area contributed by atoms with E-state index in [4.69, 9.17) is 18.6 Å². The Bertz CT molecular complexity index is 1420. The van der Waals surface area contributed by atoms with Crippen molar-refractivity contribution in [2.45, 2.75) is 12.3 Å². The summed E-state index contributed by atoms with van der Waals surface area (Å²) in [5.41, 5.74) is 2.12. The Labute approximate surface area is 188 Å². The molecule has 1 aromatic heterocycles. The second-order valence-electron chi connectivity index (χ2n) is 7.72. The highest BCUT2D eigenvalue weighted by Crippen LogP contribution is 2.45. The molecule has 0 fully saturated rings. The molecule has 0 saturated heterocycles. The molecule has 1 atom stereocenters. The normalized spacial score (nSPS) is 15.1. The smallest absolute Gasteiger partial charge is 0.312 e. The molecule has 1 aliphatic heterocycles. The Hall–Kier alpha value is -4.26. The minimum Gasteiger partial charge on any atom is -0.507 e. The van der Waals surface area contributed by atoms with Gasteiger partial charge in [-0.15, -0.1) is 0 Å². The van der Waals surface area contributed by atoms with Gasteiger partial charge in [0.1, 0.15) is 40.2 Å². The van der Waals surface area contributed by atoms with E-state index in [-0.39, 0.29) is 34.3 Å². The summed E-state index contributed by atoms with van der Waals surface area (Å²) < 4.78 is 21.7. The number of aromatic hydroxyl groups is 1. The quantitative estimate of drug-likeness (QED) is 0.362. The van der Waals surface area contributed by atoms with Crippen LogP contribution in [0.1, 0.15) is 23.5 Å². The minimum absolute atomic E-state index is 0.0403. The van der Waals surface area contributed by atoms with E-state index in [0.717, 1.165) is 5.56 Å². The van der Waals surface area contributed by atoms with Crippen LogP contribution in [0.2, 0.25) is 0 Å². The topological polar surface area (TPSA) is 95.2 Å². The van der Waals surface area contributed by atoms with Crippen molar-refractivity contribution in [3.8, 4) is 34.1 Å². The van der Waals surface area contributed by atoms with Crippen LogP contribution in [0.3, 0.4) is 0 Å². The van der Waals surface area contributed by atoms with Gasteiger partial charge in [0.15, 0.2) is 0 Å². The highest BCUT2D eigenvalue weighted by molar-refractivity contribution is 5.94. The van der Waals surface area contributed by atoms with E-state index in [1.54, 1.807) is 50.6 Å². The van der Waals surface area contributed by atoms with Crippen molar-refractivity contribution in [1.82, 2.24) is 0 Å². The van der Waals surface area contributed by atoms with Crippen molar-refractivity contribution in [1.29, 1.82) is 0 Å². The van der Waals surface area contributed by atoms with Crippen molar-refractivity contribution in [2.24, 2.45) is 0 Å². The van der Waals surface area contributed by atoms with E-state index in [9.17, 15) is 14.7 Å². The number of carbonyl (C=O) groups excluding carboxylic acids is 1. The molecule has 3 aromatic carbocycles. The van der Waals surface area contributed by atoms with Crippen molar-refractivity contribution in [3.05, 3.63) is 82.2 Å². The molecular weight excluding hydrogens is 424 g/mol. The molecule has 1 N–H and O–H groups in total. The summed E-state index contributed by atoms with van der Waals surface area (Å²) in [6, 6.07) is 15.6. The molecule has 0 radical (unpaired) electrons. The largest absolute Gasteiger partial charge is 0.507 e. The van der Waals surface area contributed by atoms with Crippen LogP contribution in [0.5, 0.6) is 23.0 Å². The summed E-state index contributed by atoms with van der Waals surface area (Å²) in [6.07, 6.45) is 1.44. The molecule has 0 unspecified atom stereocenters. The van der Waals surface area contributed by atoms with Crippen LogP contribution in [-0.2, 0) is 4.79 Å². The molecule has 4 aromatic rings. The number of esters is 1. The molecule has 0 bridgehead atoms. The molecule has 0 saturated carbocycles. The van der Waals surface area contributed by atoms with Crippen molar-refractivity contribution < 1.29 is 28.5 Å². The van der Waals surface area contributed by atoms with E-state index in [0.29, 0.717) is 28.2 Å². The first-order valence-corrected chi connectivity index (χ1v) is 10.3. The number of ether oxygens (including phenoxy) is 3. The molecule has 7 heteroatoms. The molecule has 5 rings (SSSR count). The van der Waals surface area contributed by atoms with Gasteiger partial charge in [-0.1, -0.05) is 24.3 Å². The van der Waals surface area contributed by atoms with Crippen LogP contribution >= 0.6 is 0 Å². The van der Waals surface area contributed by atoms with Crippen molar-refractivity contribution in [3.63, 3.8) is 0 Å². The number of hydrogen-bond acceptors (Lipinski definition) is 7. The third-order valence-electron chi connectivity index (χ3n) is 5.89. The number of rotatable bonds is 4. The third-order valence-corrected chi connectivity index (χ3v) is 5.89. The van der Waals surface area contributed by atoms with E-state index in [1.807, 2.05) is 12.1 Å². The molecule has 0 spiro atoms. The molecular formula is C26H20O7. The predicted molar refractivity (Wildman–Crippen MR) is 121 cm³/mol. The lowest BCUT2D eigenvalue weighted by molar-refractivity contribution is -0.135. The second kappa shape index (κ2) is 8.02. The van der Waals surface area contributed by atoms with Crippen LogP contribution in [0.15, 0.2) is 70.1 Å². The lowest BCUT2D eigenvalue weighted by Gasteiger charge is -2.26. The number of benzene rings is 3. The standard InChI is InChI=1S/C26H20O7/c1-30-16-7-3-14(4-8-16)18-11-22(28)33-21-12-20(27)24-25(29)19(13-32-26(24)23(18)21)15-5-9-17(31-2)10-6-15/h3-10,12-13,18,27H,11H2,1-2H3/t18-/m0/s1. The first-order valence-electron chi connectivity index (χ1n) is 10.3. The summed E-state index contributed by atoms with van der Waals surface area (Å²) >= 11 is 0. The van der Waals surface area contributed by atoms with Crippen molar-refractivity contribution in [2.75, 3.05) is 14.2 Å². The number of hydrogen-bond donors (Lipinski definition) is 1. The number of phenolic OH excluding ortho intramolecular Hbond substituents is 1. The lowest BCUT2D eigenvalue weighted by atomic mass is 9.85. The van der Waals surface area contributed by atoms with Gasteiger partial charge >= 0.3 is 5.97 Å². The molecule has 0 amide bonds. The summed E-state index contributed by atoms with van der Waals surface area (Å²) in [5, 5.41) is 10.7. The van der Waals surface area contributed by atoms with Gasteiger partial charge in [0.05, 0.1) is 26.2 Å². The summed E-state index contributed by atoms with van der Waals surface area (Å²) in [4.78, 5) is 25.7. The maximum Gasteiger partial charge on any atom is 0.312 e. The Balaban J connectivity index is 1.71. The van der Waals surface area contributed by atoms with Crippen LogP contribution in [0.4, 0.5) is 0 Å².